The summed E-state index contributed by atoms with van der Waals surface area (Å²) in [4.78, 5) is 0. The zero-order valence-electron chi connectivity index (χ0n) is 13.4. The summed E-state index contributed by atoms with van der Waals surface area (Å²) < 4.78 is 7.13. The fraction of sp³-hybridized carbons (Fsp3) is 0.333. The van der Waals surface area contributed by atoms with Gasteiger partial charge in [0.1, 0.15) is 12.4 Å². The summed E-state index contributed by atoms with van der Waals surface area (Å²) in [5.74, 6) is 0.968. The molecule has 0 saturated carbocycles. The fourth-order valence-corrected chi connectivity index (χ4v) is 3.00. The van der Waals surface area contributed by atoms with Crippen molar-refractivity contribution in [2.24, 2.45) is 0 Å². The van der Waals surface area contributed by atoms with Gasteiger partial charge in [0.05, 0.1) is 0 Å². The van der Waals surface area contributed by atoms with Crippen LogP contribution in [-0.2, 0) is 6.42 Å². The maximum absolute atomic E-state index is 5.85. The molecule has 4 heteroatoms. The van der Waals surface area contributed by atoms with Crippen LogP contribution in [0, 0.1) is 3.57 Å². The number of benzene rings is 2. The van der Waals surface area contributed by atoms with E-state index in [1.165, 1.54) is 27.5 Å². The van der Waals surface area contributed by atoms with Gasteiger partial charge in [-0.1, -0.05) is 24.3 Å². The lowest BCUT2D eigenvalue weighted by molar-refractivity contribution is -0.00000451. The monoisotopic (exact) mass is 429 g/mol. The highest BCUT2D eigenvalue weighted by Gasteiger charge is 2.14. The summed E-state index contributed by atoms with van der Waals surface area (Å²) in [6.07, 6.45) is 3.47. The van der Waals surface area contributed by atoms with E-state index in [4.69, 9.17) is 4.74 Å². The van der Waals surface area contributed by atoms with E-state index in [1.807, 2.05) is 0 Å². The molecule has 0 amide bonds. The van der Waals surface area contributed by atoms with Gasteiger partial charge in [-0.25, -0.2) is 0 Å². The Balaban J connectivity index is 0.00000132. The molecule has 1 saturated heterocycles. The first-order valence-electron chi connectivity index (χ1n) is 7.49. The zero-order chi connectivity index (χ0) is 14.5. The molecule has 0 aromatic heterocycles. The quantitative estimate of drug-likeness (QED) is 0.720. The third-order valence-corrected chi connectivity index (χ3v) is 4.58. The van der Waals surface area contributed by atoms with Crippen molar-refractivity contribution < 1.29 is 18.6 Å². The van der Waals surface area contributed by atoms with Crippen molar-refractivity contribution in [3.63, 3.8) is 0 Å². The number of hydrogen-bond donors (Lipinski definition) is 1. The highest BCUT2D eigenvalue weighted by Crippen LogP contribution is 2.17. The van der Waals surface area contributed by atoms with E-state index in [0.717, 1.165) is 25.3 Å². The minimum absolute atomic E-state index is 0. The molecule has 0 aliphatic carbocycles. The van der Waals surface area contributed by atoms with Crippen LogP contribution >= 0.6 is 22.6 Å². The van der Waals surface area contributed by atoms with Gasteiger partial charge in [0.15, 0.2) is 0 Å². The fourth-order valence-electron chi connectivity index (χ4n) is 2.64. The number of halogens is 2. The predicted octanol–water partition coefficient (Wildman–Crippen LogP) is 1.13. The van der Waals surface area contributed by atoms with Crippen LogP contribution in [0.1, 0.15) is 25.4 Å². The molecule has 2 nitrogen and oxygen atoms in total. The second-order valence-electron chi connectivity index (χ2n) is 5.55. The standard InChI is InChI=1S/C18H20INO.ClH/c19-16-7-3-14(4-8-16)12-15-5-9-18(10-6-15)21-13-17-2-1-11-20-17;/h3-10,17,20H,1-2,11-13H2;1H/t17-;/m1./s1. The SMILES string of the molecule is Ic1ccc(Cc2ccc(OC[C@H]3CCCN3)cc2)cc1.[Cl-].[H+]. The van der Waals surface area contributed by atoms with Gasteiger partial charge in [0.2, 0.25) is 0 Å². The summed E-state index contributed by atoms with van der Waals surface area (Å²) in [5.41, 5.74) is 2.67. The van der Waals surface area contributed by atoms with Crippen LogP contribution in [0.5, 0.6) is 5.75 Å². The molecule has 22 heavy (non-hydrogen) atoms. The van der Waals surface area contributed by atoms with Gasteiger partial charge in [-0.05, 0) is 83.8 Å². The maximum atomic E-state index is 5.85. The molecule has 1 heterocycles. The Morgan fingerprint density at radius 2 is 1.68 bits per heavy atom. The van der Waals surface area contributed by atoms with E-state index >= 15 is 0 Å². The molecule has 0 unspecified atom stereocenters. The third-order valence-electron chi connectivity index (χ3n) is 3.86. The molecule has 0 bridgehead atoms. The van der Waals surface area contributed by atoms with Gasteiger partial charge >= 0.3 is 1.43 Å². The van der Waals surface area contributed by atoms with E-state index < -0.39 is 0 Å². The van der Waals surface area contributed by atoms with E-state index in [9.17, 15) is 0 Å². The van der Waals surface area contributed by atoms with Crippen LogP contribution < -0.4 is 22.5 Å². The van der Waals surface area contributed by atoms with Crippen LogP contribution in [-0.4, -0.2) is 19.2 Å². The lowest BCUT2D eigenvalue weighted by Gasteiger charge is -2.12. The lowest BCUT2D eigenvalue weighted by Crippen LogP contribution is -3.00. The van der Waals surface area contributed by atoms with E-state index in [0.29, 0.717) is 6.04 Å². The molecule has 1 aliphatic rings. The van der Waals surface area contributed by atoms with Gasteiger partial charge in [0, 0.05) is 9.61 Å². The third kappa shape index (κ3) is 5.14. The predicted molar refractivity (Wildman–Crippen MR) is 96.0 cm³/mol. The zero-order valence-corrected chi connectivity index (χ0v) is 15.3. The Morgan fingerprint density at radius 1 is 1.05 bits per heavy atom. The molecule has 3 rings (SSSR count). The summed E-state index contributed by atoms with van der Waals surface area (Å²) >= 11 is 2.34. The minimum Gasteiger partial charge on any atom is -1.00 e. The van der Waals surface area contributed by atoms with Gasteiger partial charge in [-0.3, -0.25) is 0 Å². The Kier molecular flexibility index (Phi) is 6.99. The van der Waals surface area contributed by atoms with Crippen molar-refractivity contribution in [3.05, 3.63) is 63.2 Å². The average Bonchev–Trinajstić information content (AvgIpc) is 3.02. The van der Waals surface area contributed by atoms with Crippen molar-refractivity contribution in [1.82, 2.24) is 5.32 Å². The van der Waals surface area contributed by atoms with Crippen LogP contribution in [0.25, 0.3) is 0 Å². The molecule has 1 N–H and O–H groups in total. The van der Waals surface area contributed by atoms with Gasteiger partial charge in [0.25, 0.3) is 0 Å². The first-order chi connectivity index (χ1) is 10.3. The molecular formula is C18H21ClINO. The van der Waals surface area contributed by atoms with E-state index in [2.05, 4.69) is 76.4 Å². The van der Waals surface area contributed by atoms with Crippen molar-refractivity contribution in [2.75, 3.05) is 13.2 Å². The number of ether oxygens (including phenoxy) is 1. The van der Waals surface area contributed by atoms with E-state index in [-0.39, 0.29) is 13.8 Å². The molecule has 2 aromatic carbocycles. The molecule has 1 atom stereocenters. The number of hydrogen-bond acceptors (Lipinski definition) is 2. The van der Waals surface area contributed by atoms with Crippen LogP contribution in [0.3, 0.4) is 0 Å². The van der Waals surface area contributed by atoms with Crippen LogP contribution in [0.4, 0.5) is 0 Å². The van der Waals surface area contributed by atoms with Crippen molar-refractivity contribution in [2.45, 2.75) is 25.3 Å². The maximum Gasteiger partial charge on any atom is 1.00 e. The first-order valence-corrected chi connectivity index (χ1v) is 8.57. The summed E-state index contributed by atoms with van der Waals surface area (Å²) in [6.45, 7) is 1.90. The summed E-state index contributed by atoms with van der Waals surface area (Å²) in [6, 6.07) is 17.7. The minimum atomic E-state index is 0. The molecule has 0 spiro atoms. The Hall–Kier alpha value is -0.780. The highest BCUT2D eigenvalue weighted by molar-refractivity contribution is 14.1. The van der Waals surface area contributed by atoms with Gasteiger partial charge in [-0.15, -0.1) is 0 Å². The normalized spacial score (nSPS) is 17.0. The second-order valence-corrected chi connectivity index (χ2v) is 6.80. The molecular weight excluding hydrogens is 409 g/mol. The van der Waals surface area contributed by atoms with E-state index in [1.54, 1.807) is 0 Å². The average molecular weight is 430 g/mol. The molecule has 1 aliphatic heterocycles. The van der Waals surface area contributed by atoms with Gasteiger partial charge in [-0.2, -0.15) is 0 Å². The van der Waals surface area contributed by atoms with Crippen LogP contribution in [0.15, 0.2) is 48.5 Å². The van der Waals surface area contributed by atoms with Gasteiger partial charge < -0.3 is 22.5 Å². The summed E-state index contributed by atoms with van der Waals surface area (Å²) in [5, 5.41) is 3.45. The number of rotatable bonds is 5. The molecule has 0 radical (unpaired) electrons. The molecule has 2 aromatic rings. The topological polar surface area (TPSA) is 21.3 Å². The van der Waals surface area contributed by atoms with Crippen molar-refractivity contribution in [3.8, 4) is 5.75 Å². The number of nitrogens with one attached hydrogen (secondary N) is 1. The Bertz CT molecular complexity index is 571. The largest absolute Gasteiger partial charge is 1.00 e. The first kappa shape index (κ1) is 17.6. The molecule has 118 valence electrons. The Morgan fingerprint density at radius 3 is 2.27 bits per heavy atom. The second kappa shape index (κ2) is 8.75. The van der Waals surface area contributed by atoms with Crippen LogP contribution in [0.2, 0.25) is 0 Å². The lowest BCUT2D eigenvalue weighted by atomic mass is 10.1. The van der Waals surface area contributed by atoms with Crippen molar-refractivity contribution >= 4 is 22.6 Å². The highest BCUT2D eigenvalue weighted by atomic mass is 127. The summed E-state index contributed by atoms with van der Waals surface area (Å²) in [7, 11) is 0. The smallest absolute Gasteiger partial charge is 1.00 e. The molecule has 1 fully saturated rings. The Labute approximate surface area is 153 Å². The van der Waals surface area contributed by atoms with Crippen molar-refractivity contribution in [1.29, 1.82) is 0 Å².